The Balaban J connectivity index is 2.18. The topological polar surface area (TPSA) is 54.5 Å². The molecule has 4 nitrogen and oxygen atoms in total. The van der Waals surface area contributed by atoms with Gasteiger partial charge in [0.1, 0.15) is 0 Å². The summed E-state index contributed by atoms with van der Waals surface area (Å²) in [6.45, 7) is 2.59. The Morgan fingerprint density at radius 3 is 2.58 bits per heavy atom. The zero-order valence-electron chi connectivity index (χ0n) is 10.7. The lowest BCUT2D eigenvalue weighted by Gasteiger charge is -2.15. The van der Waals surface area contributed by atoms with E-state index in [1.807, 2.05) is 0 Å². The summed E-state index contributed by atoms with van der Waals surface area (Å²) in [7, 11) is -3.38. The lowest BCUT2D eigenvalue weighted by Crippen LogP contribution is -2.31. The highest BCUT2D eigenvalue weighted by atomic mass is 35.5. The highest BCUT2D eigenvalue weighted by Crippen LogP contribution is 2.25. The molecule has 1 heterocycles. The molecule has 104 valence electrons. The van der Waals surface area contributed by atoms with E-state index in [0.29, 0.717) is 24.4 Å². The van der Waals surface area contributed by atoms with Gasteiger partial charge in [-0.25, -0.2) is 8.42 Å². The van der Waals surface area contributed by atoms with E-state index < -0.39 is 15.1 Å². The van der Waals surface area contributed by atoms with Crippen molar-refractivity contribution in [2.24, 2.45) is 0 Å². The molecular formula is C13H16ClNO3S. The molecule has 1 aliphatic heterocycles. The summed E-state index contributed by atoms with van der Waals surface area (Å²) < 4.78 is 24.8. The maximum absolute atomic E-state index is 12.4. The summed E-state index contributed by atoms with van der Waals surface area (Å²) in [5, 5.41) is -0.00247. The second-order valence-corrected chi connectivity index (χ2v) is 7.27. The fourth-order valence-corrected chi connectivity index (χ4v) is 4.07. The molecule has 1 fully saturated rings. The Morgan fingerprint density at radius 1 is 1.37 bits per heavy atom. The third kappa shape index (κ3) is 2.92. The summed E-state index contributed by atoms with van der Waals surface area (Å²) >= 11 is 5.76. The van der Waals surface area contributed by atoms with Crippen LogP contribution >= 0.6 is 11.6 Å². The first kappa shape index (κ1) is 14.3. The first-order valence-corrected chi connectivity index (χ1v) is 8.15. The summed E-state index contributed by atoms with van der Waals surface area (Å²) in [5.74, 6) is 0.00815. The van der Waals surface area contributed by atoms with Crippen molar-refractivity contribution in [1.82, 2.24) is 4.90 Å². The van der Waals surface area contributed by atoms with Crippen molar-refractivity contribution in [3.63, 3.8) is 0 Å². The van der Waals surface area contributed by atoms with Gasteiger partial charge in [0.15, 0.2) is 9.84 Å². The summed E-state index contributed by atoms with van der Waals surface area (Å²) in [4.78, 5) is 13.5. The minimum absolute atomic E-state index is 0.00815. The SMILES string of the molecule is CCC(=O)N1CCC(S(=O)(=O)c2ccc(Cl)cc2)C1. The van der Waals surface area contributed by atoms with Crippen molar-refractivity contribution in [1.29, 1.82) is 0 Å². The van der Waals surface area contributed by atoms with E-state index in [1.165, 1.54) is 12.1 Å². The second-order valence-electron chi connectivity index (χ2n) is 4.60. The van der Waals surface area contributed by atoms with Crippen LogP contribution in [0.25, 0.3) is 0 Å². The fraction of sp³-hybridized carbons (Fsp3) is 0.462. The third-order valence-electron chi connectivity index (χ3n) is 3.38. The molecule has 1 saturated heterocycles. The van der Waals surface area contributed by atoms with Crippen LogP contribution in [0.15, 0.2) is 29.2 Å². The van der Waals surface area contributed by atoms with E-state index in [0.717, 1.165) is 0 Å². The van der Waals surface area contributed by atoms with Gasteiger partial charge in [-0.15, -0.1) is 0 Å². The molecule has 19 heavy (non-hydrogen) atoms. The van der Waals surface area contributed by atoms with Crippen molar-refractivity contribution in [3.8, 4) is 0 Å². The van der Waals surface area contributed by atoms with Gasteiger partial charge in [0, 0.05) is 24.5 Å². The number of rotatable bonds is 3. The molecule has 0 radical (unpaired) electrons. The average Bonchev–Trinajstić information content (AvgIpc) is 2.88. The van der Waals surface area contributed by atoms with Crippen LogP contribution in [0.2, 0.25) is 5.02 Å². The molecule has 2 rings (SSSR count). The molecule has 0 N–H and O–H groups in total. The minimum atomic E-state index is -3.38. The Kier molecular flexibility index (Phi) is 4.16. The Labute approximate surface area is 118 Å². The average molecular weight is 302 g/mol. The van der Waals surface area contributed by atoms with E-state index in [9.17, 15) is 13.2 Å². The molecule has 1 atom stereocenters. The van der Waals surface area contributed by atoms with E-state index in [4.69, 9.17) is 11.6 Å². The van der Waals surface area contributed by atoms with Gasteiger partial charge in [0.05, 0.1) is 10.1 Å². The zero-order chi connectivity index (χ0) is 14.0. The van der Waals surface area contributed by atoms with Gasteiger partial charge in [0.25, 0.3) is 0 Å². The van der Waals surface area contributed by atoms with Crippen molar-refractivity contribution >= 4 is 27.3 Å². The van der Waals surface area contributed by atoms with Gasteiger partial charge in [-0.2, -0.15) is 0 Å². The van der Waals surface area contributed by atoms with Crippen LogP contribution < -0.4 is 0 Å². The van der Waals surface area contributed by atoms with Gasteiger partial charge in [0.2, 0.25) is 5.91 Å². The number of hydrogen-bond acceptors (Lipinski definition) is 3. The van der Waals surface area contributed by atoms with E-state index in [2.05, 4.69) is 0 Å². The molecule has 0 spiro atoms. The predicted octanol–water partition coefficient (Wildman–Crippen LogP) is 2.12. The second kappa shape index (κ2) is 5.51. The van der Waals surface area contributed by atoms with E-state index in [1.54, 1.807) is 24.0 Å². The first-order chi connectivity index (χ1) is 8.95. The molecule has 1 aliphatic rings. The molecule has 0 aliphatic carbocycles. The number of sulfone groups is 1. The standard InChI is InChI=1S/C13H16ClNO3S/c1-2-13(16)15-8-7-12(9-15)19(17,18)11-5-3-10(14)4-6-11/h3-6,12H,2,7-9H2,1H3. The molecule has 1 aromatic rings. The normalized spacial score (nSPS) is 19.7. The number of halogens is 1. The van der Waals surface area contributed by atoms with E-state index >= 15 is 0 Å². The number of carbonyl (C=O) groups excluding carboxylic acids is 1. The number of nitrogens with zero attached hydrogens (tertiary/aromatic N) is 1. The fourth-order valence-electron chi connectivity index (χ4n) is 2.25. The van der Waals surface area contributed by atoms with Gasteiger partial charge >= 0.3 is 0 Å². The highest BCUT2D eigenvalue weighted by Gasteiger charge is 2.35. The number of amides is 1. The number of carbonyl (C=O) groups is 1. The smallest absolute Gasteiger partial charge is 0.222 e. The number of hydrogen-bond donors (Lipinski definition) is 0. The summed E-state index contributed by atoms with van der Waals surface area (Å²) in [6, 6.07) is 6.17. The summed E-state index contributed by atoms with van der Waals surface area (Å²) in [5.41, 5.74) is 0. The quantitative estimate of drug-likeness (QED) is 0.859. The molecule has 0 aromatic heterocycles. The van der Waals surface area contributed by atoms with Crippen LogP contribution in [0.5, 0.6) is 0 Å². The molecule has 0 saturated carbocycles. The van der Waals surface area contributed by atoms with Crippen LogP contribution in [0.4, 0.5) is 0 Å². The van der Waals surface area contributed by atoms with Crippen molar-refractivity contribution in [2.75, 3.05) is 13.1 Å². The molecule has 0 bridgehead atoms. The van der Waals surface area contributed by atoms with Crippen molar-refractivity contribution in [2.45, 2.75) is 29.9 Å². The van der Waals surface area contributed by atoms with Gasteiger partial charge in [-0.1, -0.05) is 18.5 Å². The van der Waals surface area contributed by atoms with Gasteiger partial charge in [-0.05, 0) is 30.7 Å². The van der Waals surface area contributed by atoms with E-state index in [-0.39, 0.29) is 17.3 Å². The molecular weight excluding hydrogens is 286 g/mol. The summed E-state index contributed by atoms with van der Waals surface area (Å²) in [6.07, 6.45) is 0.907. The van der Waals surface area contributed by atoms with Gasteiger partial charge in [-0.3, -0.25) is 4.79 Å². The molecule has 1 amide bonds. The Bertz CT molecular complexity index is 568. The third-order valence-corrected chi connectivity index (χ3v) is 5.82. The maximum Gasteiger partial charge on any atom is 0.222 e. The first-order valence-electron chi connectivity index (χ1n) is 6.22. The molecule has 1 aromatic carbocycles. The maximum atomic E-state index is 12.4. The number of likely N-dealkylation sites (tertiary alicyclic amines) is 1. The number of benzene rings is 1. The highest BCUT2D eigenvalue weighted by molar-refractivity contribution is 7.92. The van der Waals surface area contributed by atoms with Crippen LogP contribution in [-0.2, 0) is 14.6 Å². The lowest BCUT2D eigenvalue weighted by atomic mass is 10.4. The van der Waals surface area contributed by atoms with Crippen LogP contribution in [0.3, 0.4) is 0 Å². The zero-order valence-corrected chi connectivity index (χ0v) is 12.2. The molecule has 6 heteroatoms. The van der Waals surface area contributed by atoms with Crippen LogP contribution in [-0.4, -0.2) is 37.6 Å². The Hall–Kier alpha value is -1.07. The van der Waals surface area contributed by atoms with Crippen molar-refractivity contribution < 1.29 is 13.2 Å². The van der Waals surface area contributed by atoms with Gasteiger partial charge < -0.3 is 4.90 Å². The molecule has 1 unspecified atom stereocenters. The van der Waals surface area contributed by atoms with Crippen LogP contribution in [0, 0.1) is 0 Å². The van der Waals surface area contributed by atoms with Crippen molar-refractivity contribution in [3.05, 3.63) is 29.3 Å². The monoisotopic (exact) mass is 301 g/mol. The predicted molar refractivity (Wildman–Crippen MR) is 73.9 cm³/mol. The minimum Gasteiger partial charge on any atom is -0.341 e. The largest absolute Gasteiger partial charge is 0.341 e. The van der Waals surface area contributed by atoms with Crippen LogP contribution in [0.1, 0.15) is 19.8 Å². The lowest BCUT2D eigenvalue weighted by molar-refractivity contribution is -0.129. The Morgan fingerprint density at radius 2 is 2.00 bits per heavy atom.